The van der Waals surface area contributed by atoms with Crippen molar-refractivity contribution in [2.75, 3.05) is 10.6 Å². The van der Waals surface area contributed by atoms with Crippen LogP contribution in [0.3, 0.4) is 0 Å². The van der Waals surface area contributed by atoms with Gasteiger partial charge in [-0.15, -0.1) is 0 Å². The highest BCUT2D eigenvalue weighted by Gasteiger charge is 2.16. The van der Waals surface area contributed by atoms with E-state index >= 15 is 0 Å². The van der Waals surface area contributed by atoms with E-state index in [1.54, 1.807) is 18.3 Å². The Balaban J connectivity index is 1.97. The largest absolute Gasteiger partial charge is 0.444 e. The standard InChI is InChI=1S/C16H18BrN3O2/c1-16(2,3)22-15(21)20-13-7-8-14(18-10-13)19-12-6-4-5-11(17)9-12/h4-10H,1-3H3,(H,18,19)(H,20,21). The van der Waals surface area contributed by atoms with Gasteiger partial charge in [0.1, 0.15) is 11.4 Å². The van der Waals surface area contributed by atoms with Gasteiger partial charge >= 0.3 is 6.09 Å². The third-order valence-electron chi connectivity index (χ3n) is 2.51. The maximum absolute atomic E-state index is 11.7. The highest BCUT2D eigenvalue weighted by Crippen LogP contribution is 2.20. The van der Waals surface area contributed by atoms with Crippen LogP contribution in [0.25, 0.3) is 0 Å². The van der Waals surface area contributed by atoms with Gasteiger partial charge in [-0.05, 0) is 51.1 Å². The van der Waals surface area contributed by atoms with Gasteiger partial charge in [-0.3, -0.25) is 5.32 Å². The average molecular weight is 364 g/mol. The number of carbonyl (C=O) groups excluding carboxylic acids is 1. The maximum atomic E-state index is 11.7. The molecule has 0 aliphatic carbocycles. The van der Waals surface area contributed by atoms with Crippen LogP contribution in [0.15, 0.2) is 47.1 Å². The molecule has 2 rings (SSSR count). The van der Waals surface area contributed by atoms with E-state index in [9.17, 15) is 4.79 Å². The quantitative estimate of drug-likeness (QED) is 0.810. The van der Waals surface area contributed by atoms with Crippen molar-refractivity contribution in [3.05, 3.63) is 47.1 Å². The molecule has 1 heterocycles. The van der Waals surface area contributed by atoms with Crippen molar-refractivity contribution >= 4 is 39.2 Å². The second-order valence-electron chi connectivity index (χ2n) is 5.69. The molecule has 0 unspecified atom stereocenters. The molecular formula is C16H18BrN3O2. The van der Waals surface area contributed by atoms with E-state index < -0.39 is 11.7 Å². The predicted octanol–water partition coefficient (Wildman–Crippen LogP) is 4.93. The van der Waals surface area contributed by atoms with Crippen LogP contribution in [0.5, 0.6) is 0 Å². The van der Waals surface area contributed by atoms with Crippen molar-refractivity contribution in [1.29, 1.82) is 0 Å². The Bertz CT molecular complexity index is 651. The van der Waals surface area contributed by atoms with Crippen LogP contribution in [0, 0.1) is 0 Å². The van der Waals surface area contributed by atoms with Crippen molar-refractivity contribution in [2.24, 2.45) is 0 Å². The Labute approximate surface area is 138 Å². The molecule has 0 atom stereocenters. The summed E-state index contributed by atoms with van der Waals surface area (Å²) in [5, 5.41) is 5.82. The number of ether oxygens (including phenoxy) is 1. The first-order valence-electron chi connectivity index (χ1n) is 6.80. The summed E-state index contributed by atoms with van der Waals surface area (Å²) in [7, 11) is 0. The van der Waals surface area contributed by atoms with Crippen molar-refractivity contribution < 1.29 is 9.53 Å². The van der Waals surface area contributed by atoms with Crippen molar-refractivity contribution in [3.63, 3.8) is 0 Å². The summed E-state index contributed by atoms with van der Waals surface area (Å²) in [5.41, 5.74) is 0.975. The number of aromatic nitrogens is 1. The average Bonchev–Trinajstić information content (AvgIpc) is 2.39. The molecule has 1 amide bonds. The van der Waals surface area contributed by atoms with Gasteiger partial charge in [0.05, 0.1) is 11.9 Å². The smallest absolute Gasteiger partial charge is 0.412 e. The first-order chi connectivity index (χ1) is 10.3. The van der Waals surface area contributed by atoms with Crippen molar-refractivity contribution in [2.45, 2.75) is 26.4 Å². The molecule has 0 aliphatic rings. The van der Waals surface area contributed by atoms with Crippen molar-refractivity contribution in [3.8, 4) is 0 Å². The number of rotatable bonds is 3. The number of pyridine rings is 1. The summed E-state index contributed by atoms with van der Waals surface area (Å²) in [4.78, 5) is 15.9. The monoisotopic (exact) mass is 363 g/mol. The summed E-state index contributed by atoms with van der Waals surface area (Å²) in [5.74, 6) is 0.688. The van der Waals surface area contributed by atoms with E-state index in [1.807, 2.05) is 45.0 Å². The maximum Gasteiger partial charge on any atom is 0.412 e. The molecule has 0 spiro atoms. The van der Waals surface area contributed by atoms with Gasteiger partial charge in [-0.25, -0.2) is 9.78 Å². The zero-order valence-electron chi connectivity index (χ0n) is 12.7. The van der Waals surface area contributed by atoms with Crippen molar-refractivity contribution in [1.82, 2.24) is 4.98 Å². The van der Waals surface area contributed by atoms with Crippen LogP contribution in [-0.4, -0.2) is 16.7 Å². The van der Waals surface area contributed by atoms with E-state index in [4.69, 9.17) is 4.74 Å². The highest BCUT2D eigenvalue weighted by atomic mass is 79.9. The predicted molar refractivity (Wildman–Crippen MR) is 91.5 cm³/mol. The normalized spacial score (nSPS) is 10.9. The SMILES string of the molecule is CC(C)(C)OC(=O)Nc1ccc(Nc2cccc(Br)c2)nc1. The second-order valence-corrected chi connectivity index (χ2v) is 6.61. The lowest BCUT2D eigenvalue weighted by atomic mass is 10.2. The summed E-state index contributed by atoms with van der Waals surface area (Å²) < 4.78 is 6.17. The van der Waals surface area contributed by atoms with E-state index in [0.717, 1.165) is 10.2 Å². The summed E-state index contributed by atoms with van der Waals surface area (Å²) >= 11 is 3.42. The van der Waals surface area contributed by atoms with Crippen LogP contribution >= 0.6 is 15.9 Å². The lowest BCUT2D eigenvalue weighted by molar-refractivity contribution is 0.0636. The first-order valence-corrected chi connectivity index (χ1v) is 7.60. The number of halogens is 1. The van der Waals surface area contributed by atoms with Crippen LogP contribution in [0.2, 0.25) is 0 Å². The van der Waals surface area contributed by atoms with Gasteiger partial charge in [0.15, 0.2) is 0 Å². The number of nitrogens with one attached hydrogen (secondary N) is 2. The highest BCUT2D eigenvalue weighted by molar-refractivity contribution is 9.10. The third kappa shape index (κ3) is 5.37. The van der Waals surface area contributed by atoms with Gasteiger partial charge in [0.25, 0.3) is 0 Å². The Morgan fingerprint density at radius 1 is 1.18 bits per heavy atom. The number of anilines is 3. The van der Waals surface area contributed by atoms with Gasteiger partial charge in [0, 0.05) is 10.2 Å². The molecule has 1 aromatic heterocycles. The number of carbonyl (C=O) groups is 1. The number of hydrogen-bond donors (Lipinski definition) is 2. The fourth-order valence-corrected chi connectivity index (χ4v) is 2.08. The number of nitrogens with zero attached hydrogens (tertiary/aromatic N) is 1. The minimum atomic E-state index is -0.528. The number of benzene rings is 1. The molecule has 0 saturated carbocycles. The van der Waals surface area contributed by atoms with E-state index in [2.05, 4.69) is 31.5 Å². The molecule has 22 heavy (non-hydrogen) atoms. The number of hydrogen-bond acceptors (Lipinski definition) is 4. The molecule has 2 aromatic rings. The first kappa shape index (κ1) is 16.3. The molecule has 0 bridgehead atoms. The molecule has 1 aromatic carbocycles. The Morgan fingerprint density at radius 3 is 2.55 bits per heavy atom. The Kier molecular flexibility index (Phi) is 5.03. The zero-order chi connectivity index (χ0) is 16.2. The molecule has 0 radical (unpaired) electrons. The summed E-state index contributed by atoms with van der Waals surface area (Å²) in [6, 6.07) is 11.3. The van der Waals surface area contributed by atoms with Crippen LogP contribution in [-0.2, 0) is 4.74 Å². The molecule has 0 aliphatic heterocycles. The molecule has 6 heteroatoms. The summed E-state index contributed by atoms with van der Waals surface area (Å²) in [6.45, 7) is 5.45. The Morgan fingerprint density at radius 2 is 1.95 bits per heavy atom. The Hall–Kier alpha value is -2.08. The van der Waals surface area contributed by atoms with Crippen LogP contribution < -0.4 is 10.6 Å². The lowest BCUT2D eigenvalue weighted by Crippen LogP contribution is -2.27. The fraction of sp³-hybridized carbons (Fsp3) is 0.250. The van der Waals surface area contributed by atoms with Crippen LogP contribution in [0.1, 0.15) is 20.8 Å². The fourth-order valence-electron chi connectivity index (χ4n) is 1.68. The topological polar surface area (TPSA) is 63.2 Å². The van der Waals surface area contributed by atoms with Gasteiger partial charge < -0.3 is 10.1 Å². The van der Waals surface area contributed by atoms with E-state index in [0.29, 0.717) is 11.5 Å². The number of amides is 1. The molecule has 5 nitrogen and oxygen atoms in total. The van der Waals surface area contributed by atoms with Gasteiger partial charge in [0.2, 0.25) is 0 Å². The zero-order valence-corrected chi connectivity index (χ0v) is 14.3. The van der Waals surface area contributed by atoms with E-state index in [-0.39, 0.29) is 0 Å². The van der Waals surface area contributed by atoms with Gasteiger partial charge in [-0.2, -0.15) is 0 Å². The molecule has 2 N–H and O–H groups in total. The molecular weight excluding hydrogens is 346 g/mol. The minimum Gasteiger partial charge on any atom is -0.444 e. The molecule has 0 saturated heterocycles. The lowest BCUT2D eigenvalue weighted by Gasteiger charge is -2.19. The molecule has 0 fully saturated rings. The summed E-state index contributed by atoms with van der Waals surface area (Å²) in [6.07, 6.45) is 1.08. The van der Waals surface area contributed by atoms with Gasteiger partial charge in [-0.1, -0.05) is 22.0 Å². The third-order valence-corrected chi connectivity index (χ3v) is 3.00. The molecule has 116 valence electrons. The second kappa shape index (κ2) is 6.79. The minimum absolute atomic E-state index is 0.498. The van der Waals surface area contributed by atoms with E-state index in [1.165, 1.54) is 0 Å². The van der Waals surface area contributed by atoms with Crippen LogP contribution in [0.4, 0.5) is 22.0 Å².